The van der Waals surface area contributed by atoms with Gasteiger partial charge >= 0.3 is 5.97 Å². The highest BCUT2D eigenvalue weighted by Gasteiger charge is 2.49. The maximum absolute atomic E-state index is 12.2. The molecule has 17 heavy (non-hydrogen) atoms. The van der Waals surface area contributed by atoms with Crippen LogP contribution in [0.25, 0.3) is 0 Å². The Morgan fingerprint density at radius 2 is 1.88 bits per heavy atom. The summed E-state index contributed by atoms with van der Waals surface area (Å²) in [6.07, 6.45) is -1.36. The minimum atomic E-state index is -1.98. The molecule has 0 bridgehead atoms. The average molecular weight is 237 g/mol. The van der Waals surface area contributed by atoms with E-state index in [1.807, 2.05) is 0 Å². The Morgan fingerprint density at radius 1 is 1.35 bits per heavy atom. The fraction of sp³-hybridized carbons (Fsp3) is 0.333. The largest absolute Gasteiger partial charge is 0.480 e. The van der Waals surface area contributed by atoms with Gasteiger partial charge in [-0.05, 0) is 6.92 Å². The first kappa shape index (κ1) is 13.3. The number of aliphatic hydroxyl groups excluding tert-OH is 1. The number of hydrogen-bond acceptors (Lipinski definition) is 4. The van der Waals surface area contributed by atoms with Gasteiger partial charge in [-0.3, -0.25) is 9.59 Å². The van der Waals surface area contributed by atoms with Crippen molar-refractivity contribution in [2.45, 2.75) is 13.0 Å². The third-order valence-corrected chi connectivity index (χ3v) is 2.86. The lowest BCUT2D eigenvalue weighted by molar-refractivity contribution is -0.150. The second-order valence-electron chi connectivity index (χ2n) is 3.85. The van der Waals surface area contributed by atoms with Crippen molar-refractivity contribution in [1.82, 2.24) is 0 Å². The van der Waals surface area contributed by atoms with E-state index in [0.717, 1.165) is 0 Å². The van der Waals surface area contributed by atoms with E-state index in [-0.39, 0.29) is 5.56 Å². The molecule has 2 unspecified atom stereocenters. The second-order valence-corrected chi connectivity index (χ2v) is 3.85. The average Bonchev–Trinajstić information content (AvgIpc) is 2.30. The molecule has 0 radical (unpaired) electrons. The summed E-state index contributed by atoms with van der Waals surface area (Å²) in [6.45, 7) is 0.801. The number of carbonyl (C=O) groups is 2. The molecule has 0 saturated carbocycles. The number of carboxylic acids is 1. The van der Waals surface area contributed by atoms with Crippen molar-refractivity contribution in [2.75, 3.05) is 6.54 Å². The summed E-state index contributed by atoms with van der Waals surface area (Å²) in [5.41, 5.74) is 3.62. The normalized spacial score (nSPS) is 15.9. The molecule has 5 heteroatoms. The molecule has 0 aromatic heterocycles. The number of nitrogens with two attached hydrogens (primary N) is 1. The van der Waals surface area contributed by atoms with E-state index in [1.54, 1.807) is 18.2 Å². The van der Waals surface area contributed by atoms with Crippen molar-refractivity contribution in [3.05, 3.63) is 35.9 Å². The highest BCUT2D eigenvalue weighted by atomic mass is 16.4. The van der Waals surface area contributed by atoms with E-state index in [1.165, 1.54) is 19.1 Å². The number of carbonyl (C=O) groups excluding carboxylic acids is 1. The SMILES string of the molecule is CC(O)C(CN)(C(=O)O)C(=O)c1ccccc1. The monoisotopic (exact) mass is 237 g/mol. The summed E-state index contributed by atoms with van der Waals surface area (Å²) in [5, 5.41) is 18.7. The lowest BCUT2D eigenvalue weighted by Crippen LogP contribution is -2.53. The van der Waals surface area contributed by atoms with Gasteiger partial charge in [-0.2, -0.15) is 0 Å². The molecule has 1 aromatic carbocycles. The molecule has 0 saturated heterocycles. The Balaban J connectivity index is 3.26. The molecule has 0 fully saturated rings. The van der Waals surface area contributed by atoms with E-state index < -0.39 is 29.8 Å². The summed E-state index contributed by atoms with van der Waals surface area (Å²) in [5.74, 6) is -2.09. The summed E-state index contributed by atoms with van der Waals surface area (Å²) >= 11 is 0. The number of benzene rings is 1. The van der Waals surface area contributed by atoms with E-state index in [9.17, 15) is 14.7 Å². The zero-order valence-corrected chi connectivity index (χ0v) is 9.46. The van der Waals surface area contributed by atoms with Crippen LogP contribution in [0.1, 0.15) is 17.3 Å². The van der Waals surface area contributed by atoms with E-state index in [2.05, 4.69) is 0 Å². The van der Waals surface area contributed by atoms with Crippen LogP contribution < -0.4 is 5.73 Å². The molecule has 1 rings (SSSR count). The van der Waals surface area contributed by atoms with Crippen molar-refractivity contribution >= 4 is 11.8 Å². The smallest absolute Gasteiger partial charge is 0.321 e. The Kier molecular flexibility index (Phi) is 3.98. The van der Waals surface area contributed by atoms with Gasteiger partial charge in [-0.15, -0.1) is 0 Å². The summed E-state index contributed by atoms with van der Waals surface area (Å²) in [7, 11) is 0. The number of aliphatic carboxylic acids is 1. The minimum absolute atomic E-state index is 0.223. The van der Waals surface area contributed by atoms with Crippen LogP contribution in [0.3, 0.4) is 0 Å². The molecule has 0 aliphatic heterocycles. The third kappa shape index (κ3) is 2.20. The first-order chi connectivity index (χ1) is 7.96. The van der Waals surface area contributed by atoms with Crippen molar-refractivity contribution in [1.29, 1.82) is 0 Å². The fourth-order valence-corrected chi connectivity index (χ4v) is 1.66. The van der Waals surface area contributed by atoms with Gasteiger partial charge in [0.25, 0.3) is 0 Å². The molecule has 92 valence electrons. The zero-order chi connectivity index (χ0) is 13.1. The molecule has 0 aliphatic rings. The van der Waals surface area contributed by atoms with E-state index in [0.29, 0.717) is 0 Å². The van der Waals surface area contributed by atoms with Crippen molar-refractivity contribution in [3.8, 4) is 0 Å². The lowest BCUT2D eigenvalue weighted by Gasteiger charge is -2.29. The Morgan fingerprint density at radius 3 is 2.24 bits per heavy atom. The van der Waals surface area contributed by atoms with Gasteiger partial charge < -0.3 is 15.9 Å². The van der Waals surface area contributed by atoms with Gasteiger partial charge in [0.15, 0.2) is 11.2 Å². The summed E-state index contributed by atoms with van der Waals surface area (Å²) in [4.78, 5) is 23.4. The molecular formula is C12H15NO4. The van der Waals surface area contributed by atoms with Crippen LogP contribution in [-0.4, -0.2) is 34.6 Å². The molecule has 1 aromatic rings. The zero-order valence-electron chi connectivity index (χ0n) is 9.46. The summed E-state index contributed by atoms with van der Waals surface area (Å²) in [6, 6.07) is 7.96. The van der Waals surface area contributed by atoms with Gasteiger partial charge in [0.05, 0.1) is 6.10 Å². The molecule has 0 spiro atoms. The van der Waals surface area contributed by atoms with Crippen molar-refractivity contribution in [3.63, 3.8) is 0 Å². The molecule has 0 heterocycles. The van der Waals surface area contributed by atoms with E-state index >= 15 is 0 Å². The van der Waals surface area contributed by atoms with Crippen molar-refractivity contribution in [2.24, 2.45) is 11.1 Å². The number of Topliss-reactive ketones (excluding diaryl/α,β-unsaturated/α-hetero) is 1. The number of aliphatic hydroxyl groups is 1. The molecule has 5 nitrogen and oxygen atoms in total. The Bertz CT molecular complexity index is 416. The predicted octanol–water partition coefficient (Wildman–Crippen LogP) is 0.280. The first-order valence-corrected chi connectivity index (χ1v) is 5.18. The molecule has 0 amide bonds. The van der Waals surface area contributed by atoms with Crippen LogP contribution in [0, 0.1) is 5.41 Å². The molecule has 2 atom stereocenters. The van der Waals surface area contributed by atoms with Gasteiger partial charge in [-0.25, -0.2) is 0 Å². The predicted molar refractivity (Wildman–Crippen MR) is 61.6 cm³/mol. The Labute approximate surface area is 98.9 Å². The Hall–Kier alpha value is -1.72. The fourth-order valence-electron chi connectivity index (χ4n) is 1.66. The van der Waals surface area contributed by atoms with Gasteiger partial charge in [-0.1, -0.05) is 30.3 Å². The topological polar surface area (TPSA) is 101 Å². The standard InChI is InChI=1S/C12H15NO4/c1-8(14)12(7-13,11(16)17)10(15)9-5-3-2-4-6-9/h2-6,8,14H,7,13H2,1H3,(H,16,17). The molecular weight excluding hydrogens is 222 g/mol. The van der Waals surface area contributed by atoms with Gasteiger partial charge in [0.2, 0.25) is 0 Å². The van der Waals surface area contributed by atoms with Crippen LogP contribution in [0.15, 0.2) is 30.3 Å². The minimum Gasteiger partial charge on any atom is -0.480 e. The third-order valence-electron chi connectivity index (χ3n) is 2.86. The van der Waals surface area contributed by atoms with Crippen LogP contribution >= 0.6 is 0 Å². The molecule has 0 aliphatic carbocycles. The van der Waals surface area contributed by atoms with Crippen molar-refractivity contribution < 1.29 is 19.8 Å². The summed E-state index contributed by atoms with van der Waals surface area (Å²) < 4.78 is 0. The first-order valence-electron chi connectivity index (χ1n) is 5.18. The van der Waals surface area contributed by atoms with Gasteiger partial charge in [0.1, 0.15) is 0 Å². The van der Waals surface area contributed by atoms with Crippen LogP contribution in [0.2, 0.25) is 0 Å². The number of ketones is 1. The highest BCUT2D eigenvalue weighted by Crippen LogP contribution is 2.27. The second kappa shape index (κ2) is 5.07. The number of carboxylic acid groups (broad SMARTS) is 1. The number of hydrogen-bond donors (Lipinski definition) is 3. The van der Waals surface area contributed by atoms with Crippen LogP contribution in [0.4, 0.5) is 0 Å². The van der Waals surface area contributed by atoms with Gasteiger partial charge in [0, 0.05) is 12.1 Å². The lowest BCUT2D eigenvalue weighted by atomic mass is 9.76. The maximum Gasteiger partial charge on any atom is 0.321 e. The molecule has 4 N–H and O–H groups in total. The number of rotatable bonds is 5. The van der Waals surface area contributed by atoms with E-state index in [4.69, 9.17) is 10.8 Å². The van der Waals surface area contributed by atoms with Crippen LogP contribution in [0.5, 0.6) is 0 Å². The van der Waals surface area contributed by atoms with Crippen LogP contribution in [-0.2, 0) is 4.79 Å². The highest BCUT2D eigenvalue weighted by molar-refractivity contribution is 6.12. The quantitative estimate of drug-likeness (QED) is 0.504. The maximum atomic E-state index is 12.2.